The standard InChI is InChI=1S/C16H13F2NO4/c1-9(23-16(22)11-4-2-3-5-14(11)20)15(21)19-13-8-10(17)6-7-12(13)18/h2-9,20H,1H3,(H,19,21)/t9-/m0/s1. The van der Waals surface area contributed by atoms with Crippen molar-refractivity contribution in [3.05, 3.63) is 59.7 Å². The van der Waals surface area contributed by atoms with Crippen molar-refractivity contribution < 1.29 is 28.2 Å². The molecule has 0 saturated heterocycles. The number of carbonyl (C=O) groups is 2. The number of nitrogens with one attached hydrogen (secondary N) is 1. The fraction of sp³-hybridized carbons (Fsp3) is 0.125. The first kappa shape index (κ1) is 16.4. The van der Waals surface area contributed by atoms with Crippen LogP contribution in [0.1, 0.15) is 17.3 Å². The summed E-state index contributed by atoms with van der Waals surface area (Å²) < 4.78 is 31.4. The van der Waals surface area contributed by atoms with Crippen LogP contribution in [0.15, 0.2) is 42.5 Å². The summed E-state index contributed by atoms with van der Waals surface area (Å²) >= 11 is 0. The van der Waals surface area contributed by atoms with Crippen LogP contribution in [-0.2, 0) is 9.53 Å². The molecule has 0 aromatic heterocycles. The van der Waals surface area contributed by atoms with E-state index >= 15 is 0 Å². The van der Waals surface area contributed by atoms with Crippen molar-refractivity contribution >= 4 is 17.6 Å². The number of halogens is 2. The molecule has 0 aliphatic carbocycles. The number of phenolic OH excluding ortho intramolecular Hbond substituents is 1. The van der Waals surface area contributed by atoms with Crippen LogP contribution in [0.2, 0.25) is 0 Å². The molecule has 2 N–H and O–H groups in total. The second kappa shape index (κ2) is 6.87. The van der Waals surface area contributed by atoms with Crippen molar-refractivity contribution in [2.75, 3.05) is 5.32 Å². The third kappa shape index (κ3) is 4.03. The lowest BCUT2D eigenvalue weighted by Gasteiger charge is -2.14. The minimum absolute atomic E-state index is 0.107. The van der Waals surface area contributed by atoms with Gasteiger partial charge in [0.15, 0.2) is 6.10 Å². The van der Waals surface area contributed by atoms with Crippen molar-refractivity contribution in [3.8, 4) is 5.75 Å². The molecular weight excluding hydrogens is 308 g/mol. The van der Waals surface area contributed by atoms with Gasteiger partial charge in [-0.05, 0) is 31.2 Å². The van der Waals surface area contributed by atoms with Gasteiger partial charge in [-0.15, -0.1) is 0 Å². The number of esters is 1. The topological polar surface area (TPSA) is 75.6 Å². The highest BCUT2D eigenvalue weighted by molar-refractivity contribution is 5.98. The molecule has 1 atom stereocenters. The van der Waals surface area contributed by atoms with Crippen LogP contribution in [0.25, 0.3) is 0 Å². The van der Waals surface area contributed by atoms with E-state index in [4.69, 9.17) is 4.74 Å². The number of phenols is 1. The molecule has 0 bridgehead atoms. The van der Waals surface area contributed by atoms with Gasteiger partial charge in [-0.3, -0.25) is 4.79 Å². The number of para-hydroxylation sites is 1. The monoisotopic (exact) mass is 321 g/mol. The summed E-state index contributed by atoms with van der Waals surface area (Å²) in [6.07, 6.45) is -1.27. The Labute approximate surface area is 130 Å². The van der Waals surface area contributed by atoms with Gasteiger partial charge >= 0.3 is 5.97 Å². The van der Waals surface area contributed by atoms with Gasteiger partial charge in [0.2, 0.25) is 0 Å². The molecule has 0 aliphatic rings. The van der Waals surface area contributed by atoms with Crippen molar-refractivity contribution in [3.63, 3.8) is 0 Å². The number of hydrogen-bond donors (Lipinski definition) is 2. The lowest BCUT2D eigenvalue weighted by atomic mass is 10.2. The maximum Gasteiger partial charge on any atom is 0.342 e. The molecule has 0 fully saturated rings. The smallest absolute Gasteiger partial charge is 0.342 e. The maximum atomic E-state index is 13.5. The second-order valence-electron chi connectivity index (χ2n) is 4.68. The summed E-state index contributed by atoms with van der Waals surface area (Å²) in [6.45, 7) is 1.27. The molecule has 0 radical (unpaired) electrons. The Bertz CT molecular complexity index is 749. The number of benzene rings is 2. The predicted molar refractivity (Wildman–Crippen MR) is 78.0 cm³/mol. The molecular formula is C16H13F2NO4. The van der Waals surface area contributed by atoms with Crippen LogP contribution >= 0.6 is 0 Å². The quantitative estimate of drug-likeness (QED) is 0.849. The Balaban J connectivity index is 2.04. The Morgan fingerprint density at radius 3 is 2.57 bits per heavy atom. The number of carbonyl (C=O) groups excluding carboxylic acids is 2. The third-order valence-corrected chi connectivity index (χ3v) is 2.96. The number of rotatable bonds is 4. The first-order chi connectivity index (χ1) is 10.9. The van der Waals surface area contributed by atoms with E-state index in [0.717, 1.165) is 18.2 Å². The largest absolute Gasteiger partial charge is 0.507 e. The highest BCUT2D eigenvalue weighted by Gasteiger charge is 2.21. The number of anilines is 1. The maximum absolute atomic E-state index is 13.5. The van der Waals surface area contributed by atoms with Crippen LogP contribution in [0.3, 0.4) is 0 Å². The van der Waals surface area contributed by atoms with E-state index in [1.165, 1.54) is 31.2 Å². The molecule has 0 spiro atoms. The minimum Gasteiger partial charge on any atom is -0.507 e. The third-order valence-electron chi connectivity index (χ3n) is 2.96. The average molecular weight is 321 g/mol. The van der Waals surface area contributed by atoms with Crippen molar-refractivity contribution in [2.24, 2.45) is 0 Å². The number of aromatic hydroxyl groups is 1. The highest BCUT2D eigenvalue weighted by atomic mass is 19.1. The van der Waals surface area contributed by atoms with E-state index in [2.05, 4.69) is 5.32 Å². The Hall–Kier alpha value is -2.96. The minimum atomic E-state index is -1.27. The Morgan fingerprint density at radius 1 is 1.17 bits per heavy atom. The van der Waals surface area contributed by atoms with Crippen LogP contribution in [0.4, 0.5) is 14.5 Å². The summed E-state index contributed by atoms with van der Waals surface area (Å²) in [5, 5.41) is 11.7. The van der Waals surface area contributed by atoms with Crippen LogP contribution < -0.4 is 5.32 Å². The van der Waals surface area contributed by atoms with E-state index in [1.807, 2.05) is 0 Å². The summed E-state index contributed by atoms with van der Waals surface area (Å²) in [5.41, 5.74) is -0.468. The van der Waals surface area contributed by atoms with Gasteiger partial charge in [-0.25, -0.2) is 13.6 Å². The molecule has 0 aliphatic heterocycles. The molecule has 120 valence electrons. The van der Waals surface area contributed by atoms with E-state index in [9.17, 15) is 23.5 Å². The normalized spacial score (nSPS) is 11.6. The highest BCUT2D eigenvalue weighted by Crippen LogP contribution is 2.18. The first-order valence-corrected chi connectivity index (χ1v) is 6.63. The average Bonchev–Trinajstić information content (AvgIpc) is 2.51. The van der Waals surface area contributed by atoms with Crippen LogP contribution in [0, 0.1) is 11.6 Å². The zero-order valence-electron chi connectivity index (χ0n) is 12.0. The van der Waals surface area contributed by atoms with Gasteiger partial charge in [0.1, 0.15) is 22.9 Å². The second-order valence-corrected chi connectivity index (χ2v) is 4.68. The molecule has 1 amide bonds. The molecule has 2 rings (SSSR count). The molecule has 2 aromatic rings. The molecule has 7 heteroatoms. The van der Waals surface area contributed by atoms with Crippen LogP contribution in [-0.4, -0.2) is 23.1 Å². The summed E-state index contributed by atoms with van der Waals surface area (Å²) in [5.74, 6) is -3.58. The molecule has 2 aromatic carbocycles. The zero-order valence-corrected chi connectivity index (χ0v) is 12.0. The van der Waals surface area contributed by atoms with Crippen molar-refractivity contribution in [1.29, 1.82) is 0 Å². The van der Waals surface area contributed by atoms with E-state index in [0.29, 0.717) is 0 Å². The molecule has 0 saturated carbocycles. The van der Waals surface area contributed by atoms with Crippen LogP contribution in [0.5, 0.6) is 5.75 Å². The SMILES string of the molecule is C[C@H](OC(=O)c1ccccc1O)C(=O)Nc1cc(F)ccc1F. The Morgan fingerprint density at radius 2 is 1.87 bits per heavy atom. The van der Waals surface area contributed by atoms with E-state index in [1.54, 1.807) is 0 Å². The molecule has 0 heterocycles. The van der Waals surface area contributed by atoms with E-state index in [-0.39, 0.29) is 17.0 Å². The number of hydrogen-bond acceptors (Lipinski definition) is 4. The Kier molecular flexibility index (Phi) is 4.90. The number of amides is 1. The first-order valence-electron chi connectivity index (χ1n) is 6.63. The fourth-order valence-electron chi connectivity index (χ4n) is 1.75. The van der Waals surface area contributed by atoms with Gasteiger partial charge in [0, 0.05) is 6.07 Å². The zero-order chi connectivity index (χ0) is 17.0. The van der Waals surface area contributed by atoms with Crippen molar-refractivity contribution in [1.82, 2.24) is 0 Å². The van der Waals surface area contributed by atoms with Gasteiger partial charge in [-0.2, -0.15) is 0 Å². The lowest BCUT2D eigenvalue weighted by molar-refractivity contribution is -0.123. The van der Waals surface area contributed by atoms with Crippen molar-refractivity contribution in [2.45, 2.75) is 13.0 Å². The summed E-state index contributed by atoms with van der Waals surface area (Å²) in [7, 11) is 0. The summed E-state index contributed by atoms with van der Waals surface area (Å²) in [6, 6.07) is 8.25. The predicted octanol–water partition coefficient (Wildman–Crippen LogP) is 2.85. The summed E-state index contributed by atoms with van der Waals surface area (Å²) in [4.78, 5) is 23.7. The number of ether oxygens (including phenoxy) is 1. The van der Waals surface area contributed by atoms with Gasteiger partial charge in [0.25, 0.3) is 5.91 Å². The van der Waals surface area contributed by atoms with Gasteiger partial charge < -0.3 is 15.2 Å². The van der Waals surface area contributed by atoms with E-state index < -0.39 is 29.6 Å². The molecule has 23 heavy (non-hydrogen) atoms. The van der Waals surface area contributed by atoms with Gasteiger partial charge in [-0.1, -0.05) is 12.1 Å². The molecule has 5 nitrogen and oxygen atoms in total. The molecule has 0 unspecified atom stereocenters. The lowest BCUT2D eigenvalue weighted by Crippen LogP contribution is -2.30. The van der Waals surface area contributed by atoms with Gasteiger partial charge in [0.05, 0.1) is 5.69 Å². The fourth-order valence-corrected chi connectivity index (χ4v) is 1.75.